The van der Waals surface area contributed by atoms with Crippen LogP contribution in [0.2, 0.25) is 0 Å². The third-order valence-corrected chi connectivity index (χ3v) is 8.09. The SMILES string of the molecule is [2H]c1c([2H])c([2H])c2c([2H])c(-c3c4ccccc4c(-c4cccc5oc6c7ccccc7ccc6c45)c4ccccc34)c([2H])c([2H])c2c1[2H]. The number of hydrogen-bond acceptors (Lipinski definition) is 1. The van der Waals surface area contributed by atoms with Gasteiger partial charge in [-0.15, -0.1) is 0 Å². The van der Waals surface area contributed by atoms with Gasteiger partial charge in [0, 0.05) is 16.2 Å². The number of fused-ring (bicyclic) bond motifs is 8. The molecule has 0 spiro atoms. The van der Waals surface area contributed by atoms with Gasteiger partial charge in [0.25, 0.3) is 0 Å². The fraction of sp³-hybridized carbons (Fsp3) is 0. The maximum atomic E-state index is 9.37. The van der Waals surface area contributed by atoms with Crippen molar-refractivity contribution in [1.82, 2.24) is 0 Å². The Morgan fingerprint density at radius 1 is 0.463 bits per heavy atom. The Balaban J connectivity index is 1.46. The highest BCUT2D eigenvalue weighted by Gasteiger charge is 2.20. The monoisotopic (exact) mass is 527 g/mol. The molecule has 1 heterocycles. The predicted molar refractivity (Wildman–Crippen MR) is 175 cm³/mol. The molecule has 0 aliphatic rings. The Bertz CT molecular complexity index is 2810. The summed E-state index contributed by atoms with van der Waals surface area (Å²) in [5.74, 6) is 0. The third kappa shape index (κ3) is 3.24. The van der Waals surface area contributed by atoms with Crippen LogP contribution in [0.25, 0.3) is 87.3 Å². The maximum Gasteiger partial charge on any atom is 0.143 e. The first-order valence-corrected chi connectivity index (χ1v) is 13.5. The van der Waals surface area contributed by atoms with E-state index in [0.717, 1.165) is 65.4 Å². The van der Waals surface area contributed by atoms with Gasteiger partial charge in [-0.1, -0.05) is 127 Å². The Morgan fingerprint density at radius 2 is 1.12 bits per heavy atom. The zero-order valence-electron chi connectivity index (χ0n) is 28.7. The normalized spacial score (nSPS) is 14.3. The van der Waals surface area contributed by atoms with Crippen LogP contribution in [0.15, 0.2) is 150 Å². The van der Waals surface area contributed by atoms with Crippen LogP contribution in [0, 0.1) is 0 Å². The fourth-order valence-electron chi connectivity index (χ4n) is 6.36. The van der Waals surface area contributed by atoms with E-state index in [1.807, 2.05) is 72.8 Å². The van der Waals surface area contributed by atoms with Crippen molar-refractivity contribution in [3.63, 3.8) is 0 Å². The minimum absolute atomic E-state index is 0.0592. The maximum absolute atomic E-state index is 9.37. The number of hydrogen-bond donors (Lipinski definition) is 0. The molecule has 0 bridgehead atoms. The molecule has 0 N–H and O–H groups in total. The van der Waals surface area contributed by atoms with Gasteiger partial charge in [-0.2, -0.15) is 0 Å². The lowest BCUT2D eigenvalue weighted by atomic mass is 9.84. The van der Waals surface area contributed by atoms with Crippen molar-refractivity contribution < 1.29 is 14.0 Å². The molecular formula is C40H24O. The van der Waals surface area contributed by atoms with Gasteiger partial charge in [-0.3, -0.25) is 0 Å². The fourth-order valence-corrected chi connectivity index (χ4v) is 6.36. The van der Waals surface area contributed by atoms with E-state index in [0.29, 0.717) is 5.56 Å². The quantitative estimate of drug-likeness (QED) is 0.204. The Labute approximate surface area is 246 Å². The highest BCUT2D eigenvalue weighted by Crippen LogP contribution is 2.47. The molecule has 9 aromatic rings. The molecule has 41 heavy (non-hydrogen) atoms. The summed E-state index contributed by atoms with van der Waals surface area (Å²) < 4.78 is 67.7. The summed E-state index contributed by atoms with van der Waals surface area (Å²) in [6.07, 6.45) is 0. The zero-order chi connectivity index (χ0) is 33.0. The summed E-state index contributed by atoms with van der Waals surface area (Å²) >= 11 is 0. The predicted octanol–water partition coefficient (Wildman–Crippen LogP) is 11.5. The van der Waals surface area contributed by atoms with Crippen molar-refractivity contribution in [2.45, 2.75) is 0 Å². The number of furan rings is 1. The van der Waals surface area contributed by atoms with Crippen LogP contribution in [-0.4, -0.2) is 0 Å². The molecule has 0 aliphatic carbocycles. The van der Waals surface area contributed by atoms with Crippen LogP contribution in [0.5, 0.6) is 0 Å². The Morgan fingerprint density at radius 3 is 1.88 bits per heavy atom. The number of benzene rings is 8. The first-order valence-electron chi connectivity index (χ1n) is 17.0. The average molecular weight is 528 g/mol. The molecule has 190 valence electrons. The summed E-state index contributed by atoms with van der Waals surface area (Å²) in [5.41, 5.74) is 4.28. The molecule has 0 aliphatic heterocycles. The van der Waals surface area contributed by atoms with Gasteiger partial charge in [0.15, 0.2) is 0 Å². The summed E-state index contributed by atoms with van der Waals surface area (Å²) in [6.45, 7) is 0. The van der Waals surface area contributed by atoms with E-state index >= 15 is 0 Å². The van der Waals surface area contributed by atoms with E-state index in [1.165, 1.54) is 0 Å². The molecule has 1 aromatic heterocycles. The zero-order valence-corrected chi connectivity index (χ0v) is 21.7. The molecule has 0 atom stereocenters. The third-order valence-electron chi connectivity index (χ3n) is 8.09. The number of rotatable bonds is 2. The Hall–Kier alpha value is -5.40. The van der Waals surface area contributed by atoms with Crippen molar-refractivity contribution in [2.75, 3.05) is 0 Å². The van der Waals surface area contributed by atoms with Gasteiger partial charge in [0.2, 0.25) is 0 Å². The largest absolute Gasteiger partial charge is 0.455 e. The molecule has 1 nitrogen and oxygen atoms in total. The molecule has 0 unspecified atom stereocenters. The molecule has 0 radical (unpaired) electrons. The van der Waals surface area contributed by atoms with Crippen LogP contribution in [0.4, 0.5) is 0 Å². The summed E-state index contributed by atoms with van der Waals surface area (Å²) in [6, 6.07) is 31.6. The molecule has 1 heteroatoms. The van der Waals surface area contributed by atoms with Crippen LogP contribution in [0.1, 0.15) is 9.60 Å². The van der Waals surface area contributed by atoms with Gasteiger partial charge in [-0.25, -0.2) is 0 Å². The molecule has 0 saturated heterocycles. The van der Waals surface area contributed by atoms with Crippen LogP contribution in [0.3, 0.4) is 0 Å². The van der Waals surface area contributed by atoms with Gasteiger partial charge >= 0.3 is 0 Å². The highest BCUT2D eigenvalue weighted by molar-refractivity contribution is 6.27. The first kappa shape index (κ1) is 16.6. The van der Waals surface area contributed by atoms with Crippen LogP contribution < -0.4 is 0 Å². The van der Waals surface area contributed by atoms with Crippen LogP contribution >= 0.6 is 0 Å². The van der Waals surface area contributed by atoms with Crippen molar-refractivity contribution in [2.24, 2.45) is 0 Å². The van der Waals surface area contributed by atoms with E-state index in [2.05, 4.69) is 30.3 Å². The van der Waals surface area contributed by atoms with Gasteiger partial charge in [-0.05, 0) is 78.1 Å². The summed E-state index contributed by atoms with van der Waals surface area (Å²) in [4.78, 5) is 0. The van der Waals surface area contributed by atoms with Gasteiger partial charge < -0.3 is 4.42 Å². The lowest BCUT2D eigenvalue weighted by molar-refractivity contribution is 0.673. The van der Waals surface area contributed by atoms with Crippen LogP contribution in [-0.2, 0) is 0 Å². The molecule has 9 rings (SSSR count). The molecule has 8 aromatic carbocycles. The lowest BCUT2D eigenvalue weighted by Crippen LogP contribution is -1.91. The van der Waals surface area contributed by atoms with Gasteiger partial charge in [0.1, 0.15) is 11.2 Å². The van der Waals surface area contributed by atoms with E-state index in [4.69, 9.17) is 11.3 Å². The topological polar surface area (TPSA) is 13.1 Å². The lowest BCUT2D eigenvalue weighted by Gasteiger charge is -2.18. The first-order chi connectivity index (χ1) is 23.3. The summed E-state index contributed by atoms with van der Waals surface area (Å²) in [7, 11) is 0. The molecule has 0 fully saturated rings. The molecule has 0 saturated carbocycles. The van der Waals surface area contributed by atoms with Gasteiger partial charge in [0.05, 0.1) is 9.60 Å². The van der Waals surface area contributed by atoms with Crippen molar-refractivity contribution in [1.29, 1.82) is 0 Å². The second-order valence-corrected chi connectivity index (χ2v) is 10.3. The second-order valence-electron chi connectivity index (χ2n) is 10.3. The molecular weight excluding hydrogens is 496 g/mol. The standard InChI is InChI=1S/C40H24O/c1-2-12-27-24-28(21-20-25(27)10-1)37-30-14-5-7-16-32(30)38(33-17-8-6-15-31(33)37)34-18-9-19-36-39(34)35-23-22-26-11-3-4-13-29(26)40(35)41-36/h1-24H/i1D,2D,10D,12D,20D,21D,24D. The minimum Gasteiger partial charge on any atom is -0.455 e. The Kier molecular flexibility index (Phi) is 3.47. The highest BCUT2D eigenvalue weighted by atomic mass is 16.3. The minimum atomic E-state index is -0.484. The van der Waals surface area contributed by atoms with Crippen molar-refractivity contribution >= 4 is 65.0 Å². The van der Waals surface area contributed by atoms with E-state index in [1.54, 1.807) is 0 Å². The van der Waals surface area contributed by atoms with Crippen molar-refractivity contribution in [3.05, 3.63) is 145 Å². The summed E-state index contributed by atoms with van der Waals surface area (Å²) in [5, 5.41) is 7.24. The smallest absolute Gasteiger partial charge is 0.143 e. The van der Waals surface area contributed by atoms with E-state index in [-0.39, 0.29) is 40.5 Å². The van der Waals surface area contributed by atoms with E-state index < -0.39 is 18.1 Å². The molecule has 0 amide bonds. The average Bonchev–Trinajstić information content (AvgIpc) is 3.51. The van der Waals surface area contributed by atoms with Crippen molar-refractivity contribution in [3.8, 4) is 22.3 Å². The second kappa shape index (κ2) is 8.55. The van der Waals surface area contributed by atoms with E-state index in [9.17, 15) is 2.74 Å².